The largest absolute Gasteiger partial charge is 0.506 e. The molecule has 0 aliphatic heterocycles. The Morgan fingerprint density at radius 1 is 1.56 bits per heavy atom. The molecule has 0 aliphatic rings. The van der Waals surface area contributed by atoms with Crippen LogP contribution in [-0.2, 0) is 17.6 Å². The number of halogens is 1. The lowest BCUT2D eigenvalue weighted by Gasteiger charge is -2.11. The molecule has 1 rings (SSSR count). The second kappa shape index (κ2) is 5.32. The molecule has 4 nitrogen and oxygen atoms in total. The van der Waals surface area contributed by atoms with Crippen LogP contribution >= 0.6 is 15.9 Å². The molecule has 1 aromatic carbocycles. The SMILES string of the molecule is CCc1cc(Br)c(O)c(CC(N)C(=O)O)c1. The maximum atomic E-state index is 10.6. The minimum atomic E-state index is -1.07. The van der Waals surface area contributed by atoms with Crippen molar-refractivity contribution in [2.24, 2.45) is 5.73 Å². The molecule has 0 fully saturated rings. The first-order valence-electron chi connectivity index (χ1n) is 4.94. The maximum Gasteiger partial charge on any atom is 0.320 e. The maximum absolute atomic E-state index is 10.6. The molecule has 16 heavy (non-hydrogen) atoms. The number of phenolic OH excluding ortho intramolecular Hbond substituents is 1. The van der Waals surface area contributed by atoms with Crippen LogP contribution in [0.15, 0.2) is 16.6 Å². The fourth-order valence-corrected chi connectivity index (χ4v) is 1.95. The smallest absolute Gasteiger partial charge is 0.320 e. The molecule has 0 aliphatic carbocycles. The molecule has 0 saturated carbocycles. The summed E-state index contributed by atoms with van der Waals surface area (Å²) in [4.78, 5) is 10.6. The molecule has 5 heteroatoms. The molecule has 0 bridgehead atoms. The minimum Gasteiger partial charge on any atom is -0.506 e. The van der Waals surface area contributed by atoms with E-state index < -0.39 is 12.0 Å². The number of hydrogen-bond donors (Lipinski definition) is 3. The van der Waals surface area contributed by atoms with Crippen molar-refractivity contribution in [2.75, 3.05) is 0 Å². The van der Waals surface area contributed by atoms with Gasteiger partial charge in [-0.2, -0.15) is 0 Å². The second-order valence-electron chi connectivity index (χ2n) is 3.59. The van der Waals surface area contributed by atoms with E-state index in [9.17, 15) is 9.90 Å². The van der Waals surface area contributed by atoms with E-state index in [2.05, 4.69) is 15.9 Å². The highest BCUT2D eigenvalue weighted by atomic mass is 79.9. The molecule has 0 spiro atoms. The van der Waals surface area contributed by atoms with Gasteiger partial charge in [0.1, 0.15) is 11.8 Å². The molecular formula is C11H14BrNO3. The Morgan fingerprint density at radius 2 is 2.19 bits per heavy atom. The highest BCUT2D eigenvalue weighted by Crippen LogP contribution is 2.30. The van der Waals surface area contributed by atoms with Crippen LogP contribution in [0.2, 0.25) is 0 Å². The average Bonchev–Trinajstić information content (AvgIpc) is 2.24. The van der Waals surface area contributed by atoms with Gasteiger partial charge >= 0.3 is 5.97 Å². The summed E-state index contributed by atoms with van der Waals surface area (Å²) in [5, 5.41) is 18.5. The predicted molar refractivity (Wildman–Crippen MR) is 64.5 cm³/mol. The van der Waals surface area contributed by atoms with Crippen molar-refractivity contribution < 1.29 is 15.0 Å². The molecule has 1 atom stereocenters. The molecule has 0 amide bonds. The van der Waals surface area contributed by atoms with Gasteiger partial charge in [-0.3, -0.25) is 4.79 Å². The van der Waals surface area contributed by atoms with Crippen molar-refractivity contribution in [3.05, 3.63) is 27.7 Å². The number of carboxylic acids is 1. The number of hydrogen-bond acceptors (Lipinski definition) is 3. The molecule has 1 aromatic rings. The summed E-state index contributed by atoms with van der Waals surface area (Å²) in [7, 11) is 0. The van der Waals surface area contributed by atoms with Crippen LogP contribution in [0.25, 0.3) is 0 Å². The second-order valence-corrected chi connectivity index (χ2v) is 4.44. The van der Waals surface area contributed by atoms with Gasteiger partial charge in [-0.1, -0.05) is 13.0 Å². The van der Waals surface area contributed by atoms with Crippen LogP contribution < -0.4 is 5.73 Å². The fourth-order valence-electron chi connectivity index (χ4n) is 1.40. The molecule has 4 N–H and O–H groups in total. The van der Waals surface area contributed by atoms with Gasteiger partial charge in [-0.05, 0) is 39.5 Å². The van der Waals surface area contributed by atoms with Crippen molar-refractivity contribution in [3.8, 4) is 5.75 Å². The van der Waals surface area contributed by atoms with Crippen molar-refractivity contribution in [3.63, 3.8) is 0 Å². The summed E-state index contributed by atoms with van der Waals surface area (Å²) in [6.07, 6.45) is 0.932. The van der Waals surface area contributed by atoms with E-state index in [1.54, 1.807) is 6.07 Å². The zero-order valence-electron chi connectivity index (χ0n) is 8.90. The van der Waals surface area contributed by atoms with Gasteiger partial charge in [0.15, 0.2) is 0 Å². The monoisotopic (exact) mass is 287 g/mol. The van der Waals surface area contributed by atoms with Gasteiger partial charge < -0.3 is 15.9 Å². The predicted octanol–water partition coefficient (Wildman–Crippen LogP) is 1.67. The van der Waals surface area contributed by atoms with Crippen LogP contribution in [0.3, 0.4) is 0 Å². The van der Waals surface area contributed by atoms with Gasteiger partial charge in [0.25, 0.3) is 0 Å². The Bertz CT molecular complexity index is 406. The highest BCUT2D eigenvalue weighted by molar-refractivity contribution is 9.10. The number of nitrogens with two attached hydrogens (primary N) is 1. The minimum absolute atomic E-state index is 0.0638. The Hall–Kier alpha value is -1.07. The van der Waals surface area contributed by atoms with E-state index >= 15 is 0 Å². The van der Waals surface area contributed by atoms with E-state index in [-0.39, 0.29) is 12.2 Å². The Kier molecular flexibility index (Phi) is 4.32. The molecule has 0 radical (unpaired) electrons. The van der Waals surface area contributed by atoms with E-state index in [1.165, 1.54) is 0 Å². The third-order valence-electron chi connectivity index (χ3n) is 2.37. The summed E-state index contributed by atoms with van der Waals surface area (Å²) in [6, 6.07) is 2.60. The summed E-state index contributed by atoms with van der Waals surface area (Å²) in [5.41, 5.74) is 7.01. The summed E-state index contributed by atoms with van der Waals surface area (Å²) >= 11 is 3.23. The lowest BCUT2D eigenvalue weighted by molar-refractivity contribution is -0.138. The zero-order chi connectivity index (χ0) is 12.3. The van der Waals surface area contributed by atoms with Gasteiger partial charge in [-0.15, -0.1) is 0 Å². The lowest BCUT2D eigenvalue weighted by Crippen LogP contribution is -2.32. The third kappa shape index (κ3) is 2.96. The van der Waals surface area contributed by atoms with Crippen LogP contribution in [0, 0.1) is 0 Å². The standard InChI is InChI=1S/C11H14BrNO3/c1-2-6-3-7(5-9(13)11(15)16)10(14)8(12)4-6/h3-4,9,14H,2,5,13H2,1H3,(H,15,16). The summed E-state index contributed by atoms with van der Waals surface area (Å²) < 4.78 is 0.569. The van der Waals surface area contributed by atoms with E-state index in [4.69, 9.17) is 10.8 Å². The normalized spacial score (nSPS) is 12.4. The Balaban J connectivity index is 3.03. The number of aliphatic carboxylic acids is 1. The van der Waals surface area contributed by atoms with Crippen LogP contribution in [0.1, 0.15) is 18.1 Å². The van der Waals surface area contributed by atoms with Crippen molar-refractivity contribution in [2.45, 2.75) is 25.8 Å². The zero-order valence-corrected chi connectivity index (χ0v) is 10.5. The third-order valence-corrected chi connectivity index (χ3v) is 2.97. The number of carboxylic acid groups (broad SMARTS) is 1. The first-order chi connectivity index (χ1) is 7.45. The summed E-state index contributed by atoms with van der Waals surface area (Å²) in [5.74, 6) is -1.01. The molecule has 1 unspecified atom stereocenters. The molecular weight excluding hydrogens is 274 g/mol. The van der Waals surface area contributed by atoms with Gasteiger partial charge in [0, 0.05) is 6.42 Å². The quantitative estimate of drug-likeness (QED) is 0.787. The number of benzene rings is 1. The summed E-state index contributed by atoms with van der Waals surface area (Å²) in [6.45, 7) is 1.99. The molecule has 88 valence electrons. The Morgan fingerprint density at radius 3 is 2.69 bits per heavy atom. The van der Waals surface area contributed by atoms with Crippen LogP contribution in [-0.4, -0.2) is 22.2 Å². The van der Waals surface area contributed by atoms with Crippen LogP contribution in [0.5, 0.6) is 5.75 Å². The van der Waals surface area contributed by atoms with E-state index in [1.807, 2.05) is 13.0 Å². The molecule has 0 heterocycles. The van der Waals surface area contributed by atoms with E-state index in [0.29, 0.717) is 10.0 Å². The first kappa shape index (κ1) is 13.0. The first-order valence-corrected chi connectivity index (χ1v) is 5.73. The number of rotatable bonds is 4. The van der Waals surface area contributed by atoms with E-state index in [0.717, 1.165) is 12.0 Å². The highest BCUT2D eigenvalue weighted by Gasteiger charge is 2.16. The Labute approximate surface area is 102 Å². The number of phenols is 1. The average molecular weight is 288 g/mol. The van der Waals surface area contributed by atoms with Crippen molar-refractivity contribution in [1.29, 1.82) is 0 Å². The number of aryl methyl sites for hydroxylation is 1. The lowest BCUT2D eigenvalue weighted by atomic mass is 10.0. The fraction of sp³-hybridized carbons (Fsp3) is 0.364. The number of carbonyl (C=O) groups is 1. The van der Waals surface area contributed by atoms with Gasteiger partial charge in [-0.25, -0.2) is 0 Å². The molecule has 0 aromatic heterocycles. The van der Waals surface area contributed by atoms with Gasteiger partial charge in [0.2, 0.25) is 0 Å². The van der Waals surface area contributed by atoms with Gasteiger partial charge in [0.05, 0.1) is 4.47 Å². The van der Waals surface area contributed by atoms with Crippen molar-refractivity contribution in [1.82, 2.24) is 0 Å². The topological polar surface area (TPSA) is 83.5 Å². The molecule has 0 saturated heterocycles. The van der Waals surface area contributed by atoms with Crippen LogP contribution in [0.4, 0.5) is 0 Å². The number of aromatic hydroxyl groups is 1. The van der Waals surface area contributed by atoms with Crippen molar-refractivity contribution >= 4 is 21.9 Å².